The minimum absolute atomic E-state index is 0.0109. The van der Waals surface area contributed by atoms with Gasteiger partial charge in [-0.25, -0.2) is 8.42 Å². The summed E-state index contributed by atoms with van der Waals surface area (Å²) in [5.74, 6) is -1.12. The number of nitrogens with one attached hydrogen (secondary N) is 1. The van der Waals surface area contributed by atoms with Crippen molar-refractivity contribution >= 4 is 39.0 Å². The van der Waals surface area contributed by atoms with Crippen LogP contribution in [-0.4, -0.2) is 38.4 Å². The second-order valence-electron chi connectivity index (χ2n) is 6.25. The summed E-state index contributed by atoms with van der Waals surface area (Å²) in [5, 5.41) is 13.7. The molecule has 0 aliphatic heterocycles. The van der Waals surface area contributed by atoms with Crippen LogP contribution < -0.4 is 9.62 Å². The maximum absolute atomic E-state index is 13.3. The molecule has 0 fully saturated rings. The lowest BCUT2D eigenvalue weighted by Crippen LogP contribution is -2.37. The third-order valence-corrected chi connectivity index (χ3v) is 5.79. The molecule has 0 unspecified atom stereocenters. The van der Waals surface area contributed by atoms with E-state index >= 15 is 0 Å². The molecule has 2 aromatic carbocycles. The van der Waals surface area contributed by atoms with Gasteiger partial charge in [0.05, 0.1) is 22.1 Å². The number of esters is 1. The molecule has 0 saturated carbocycles. The average molecular weight is 435 g/mol. The summed E-state index contributed by atoms with van der Waals surface area (Å²) in [6.07, 6.45) is 0. The van der Waals surface area contributed by atoms with Crippen molar-refractivity contribution in [3.05, 3.63) is 58.1 Å². The smallest absolute Gasteiger partial charge is 0.326 e. The molecule has 160 valence electrons. The van der Waals surface area contributed by atoms with Crippen molar-refractivity contribution in [2.75, 3.05) is 22.8 Å². The summed E-state index contributed by atoms with van der Waals surface area (Å²) in [6.45, 7) is 3.86. The van der Waals surface area contributed by atoms with Crippen LogP contribution in [0.4, 0.5) is 17.1 Å². The molecule has 11 heteroatoms. The fourth-order valence-corrected chi connectivity index (χ4v) is 4.11. The summed E-state index contributed by atoms with van der Waals surface area (Å²) >= 11 is 0. The lowest BCUT2D eigenvalue weighted by atomic mass is 10.2. The van der Waals surface area contributed by atoms with Gasteiger partial charge in [-0.15, -0.1) is 0 Å². The highest BCUT2D eigenvalue weighted by Crippen LogP contribution is 2.30. The number of hydrogen-bond donors (Lipinski definition) is 1. The van der Waals surface area contributed by atoms with Crippen LogP contribution in [0.25, 0.3) is 0 Å². The molecule has 2 rings (SSSR count). The van der Waals surface area contributed by atoms with E-state index < -0.39 is 27.5 Å². The van der Waals surface area contributed by atoms with Crippen molar-refractivity contribution in [3.8, 4) is 0 Å². The van der Waals surface area contributed by atoms with E-state index in [0.29, 0.717) is 11.3 Å². The van der Waals surface area contributed by atoms with E-state index in [2.05, 4.69) is 5.32 Å². The van der Waals surface area contributed by atoms with Crippen LogP contribution in [0, 0.1) is 17.0 Å². The van der Waals surface area contributed by atoms with Gasteiger partial charge in [0, 0.05) is 24.7 Å². The molecule has 1 N–H and O–H groups in total. The SMILES string of the molecule is CCOC(=O)CN(c1cc([N+](=O)[O-])ccc1C)S(=O)(=O)c1ccc(NC(C)=O)cc1. The summed E-state index contributed by atoms with van der Waals surface area (Å²) in [4.78, 5) is 33.6. The van der Waals surface area contributed by atoms with Gasteiger partial charge in [0.2, 0.25) is 5.91 Å². The number of carbonyl (C=O) groups is 2. The predicted octanol–water partition coefficient (Wildman–Crippen LogP) is 2.62. The van der Waals surface area contributed by atoms with Gasteiger partial charge >= 0.3 is 5.97 Å². The van der Waals surface area contributed by atoms with Crippen LogP contribution in [0.15, 0.2) is 47.4 Å². The first kappa shape index (κ1) is 22.8. The normalized spacial score (nSPS) is 10.9. The Morgan fingerprint density at radius 2 is 1.80 bits per heavy atom. The number of nitro groups is 1. The van der Waals surface area contributed by atoms with Crippen molar-refractivity contribution in [2.45, 2.75) is 25.7 Å². The largest absolute Gasteiger partial charge is 0.465 e. The maximum atomic E-state index is 13.3. The van der Waals surface area contributed by atoms with Crippen LogP contribution in [0.3, 0.4) is 0 Å². The van der Waals surface area contributed by atoms with Crippen molar-refractivity contribution < 1.29 is 27.7 Å². The summed E-state index contributed by atoms with van der Waals surface area (Å²) in [6, 6.07) is 9.08. The molecule has 0 radical (unpaired) electrons. The van der Waals surface area contributed by atoms with Crippen LogP contribution in [0.1, 0.15) is 19.4 Å². The predicted molar refractivity (Wildman–Crippen MR) is 110 cm³/mol. The monoisotopic (exact) mass is 435 g/mol. The Morgan fingerprint density at radius 1 is 1.17 bits per heavy atom. The molecule has 0 aliphatic carbocycles. The van der Waals surface area contributed by atoms with Crippen LogP contribution in [0.2, 0.25) is 0 Å². The number of carbonyl (C=O) groups excluding carboxylic acids is 2. The van der Waals surface area contributed by atoms with Gasteiger partial charge in [0.15, 0.2) is 0 Å². The van der Waals surface area contributed by atoms with Gasteiger partial charge in [-0.2, -0.15) is 0 Å². The third-order valence-electron chi connectivity index (χ3n) is 4.01. The highest BCUT2D eigenvalue weighted by Gasteiger charge is 2.30. The topological polar surface area (TPSA) is 136 Å². The first-order chi connectivity index (χ1) is 14.1. The number of nitrogens with zero attached hydrogens (tertiary/aromatic N) is 2. The second-order valence-corrected chi connectivity index (χ2v) is 8.11. The minimum atomic E-state index is -4.28. The Labute approximate surface area is 173 Å². The zero-order valence-electron chi connectivity index (χ0n) is 16.6. The third kappa shape index (κ3) is 5.32. The Bertz CT molecular complexity index is 1070. The van der Waals surface area contributed by atoms with E-state index in [1.807, 2.05) is 0 Å². The molecule has 0 atom stereocenters. The van der Waals surface area contributed by atoms with Crippen LogP contribution >= 0.6 is 0 Å². The van der Waals surface area contributed by atoms with Crippen molar-refractivity contribution in [3.63, 3.8) is 0 Å². The van der Waals surface area contributed by atoms with Crippen molar-refractivity contribution in [1.82, 2.24) is 0 Å². The summed E-state index contributed by atoms with van der Waals surface area (Å²) < 4.78 is 32.3. The number of aryl methyl sites for hydroxylation is 1. The standard InChI is InChI=1S/C19H21N3O7S/c1-4-29-19(24)12-21(18-11-16(22(25)26)8-5-13(18)2)30(27,28)17-9-6-15(7-10-17)20-14(3)23/h5-11H,4,12H2,1-3H3,(H,20,23). The maximum Gasteiger partial charge on any atom is 0.326 e. The Hall–Kier alpha value is -3.47. The van der Waals surface area contributed by atoms with E-state index in [1.165, 1.54) is 43.3 Å². The molecule has 0 heterocycles. The van der Waals surface area contributed by atoms with Gasteiger partial charge in [0.25, 0.3) is 15.7 Å². The highest BCUT2D eigenvalue weighted by molar-refractivity contribution is 7.92. The molecule has 30 heavy (non-hydrogen) atoms. The first-order valence-corrected chi connectivity index (χ1v) is 10.3. The number of non-ortho nitro benzene ring substituents is 1. The van der Waals surface area contributed by atoms with Gasteiger partial charge in [0.1, 0.15) is 6.54 Å². The molecule has 2 aromatic rings. The lowest BCUT2D eigenvalue weighted by Gasteiger charge is -2.25. The van der Waals surface area contributed by atoms with E-state index in [9.17, 15) is 28.1 Å². The molecular weight excluding hydrogens is 414 g/mol. The summed E-state index contributed by atoms with van der Waals surface area (Å²) in [5.41, 5.74) is 0.483. The molecule has 1 amide bonds. The molecule has 10 nitrogen and oxygen atoms in total. The van der Waals surface area contributed by atoms with Gasteiger partial charge in [-0.3, -0.25) is 24.0 Å². The lowest BCUT2D eigenvalue weighted by molar-refractivity contribution is -0.384. The molecule has 0 bridgehead atoms. The number of rotatable bonds is 8. The van der Waals surface area contributed by atoms with E-state index in [1.54, 1.807) is 13.8 Å². The molecule has 0 spiro atoms. The first-order valence-electron chi connectivity index (χ1n) is 8.87. The van der Waals surface area contributed by atoms with E-state index in [-0.39, 0.29) is 28.8 Å². The van der Waals surface area contributed by atoms with Crippen LogP contribution in [-0.2, 0) is 24.3 Å². The number of nitro benzene ring substituents is 1. The Kier molecular flexibility index (Phi) is 7.11. The van der Waals surface area contributed by atoms with E-state index in [4.69, 9.17) is 4.74 Å². The number of ether oxygens (including phenoxy) is 1. The number of anilines is 2. The quantitative estimate of drug-likeness (QED) is 0.382. The Morgan fingerprint density at radius 3 is 2.33 bits per heavy atom. The molecule has 0 saturated heterocycles. The summed E-state index contributed by atoms with van der Waals surface area (Å²) in [7, 11) is -4.28. The van der Waals surface area contributed by atoms with E-state index in [0.717, 1.165) is 10.4 Å². The highest BCUT2D eigenvalue weighted by atomic mass is 32.2. The Balaban J connectivity index is 2.56. The van der Waals surface area contributed by atoms with Gasteiger partial charge in [-0.1, -0.05) is 6.07 Å². The zero-order valence-corrected chi connectivity index (χ0v) is 17.4. The number of benzene rings is 2. The van der Waals surface area contributed by atoms with Gasteiger partial charge in [-0.05, 0) is 43.7 Å². The molecule has 0 aliphatic rings. The minimum Gasteiger partial charge on any atom is -0.465 e. The van der Waals surface area contributed by atoms with Crippen molar-refractivity contribution in [1.29, 1.82) is 0 Å². The number of hydrogen-bond acceptors (Lipinski definition) is 7. The fourth-order valence-electron chi connectivity index (χ4n) is 2.64. The molecular formula is C19H21N3O7S. The zero-order chi connectivity index (χ0) is 22.5. The van der Waals surface area contributed by atoms with Gasteiger partial charge < -0.3 is 10.1 Å². The average Bonchev–Trinajstić information content (AvgIpc) is 2.66. The van der Waals surface area contributed by atoms with Crippen LogP contribution in [0.5, 0.6) is 0 Å². The number of amides is 1. The second kappa shape index (κ2) is 9.35. The number of sulfonamides is 1. The van der Waals surface area contributed by atoms with Crippen molar-refractivity contribution in [2.24, 2.45) is 0 Å². The fraction of sp³-hybridized carbons (Fsp3) is 0.263. The molecule has 0 aromatic heterocycles.